The van der Waals surface area contributed by atoms with E-state index in [9.17, 15) is 9.18 Å². The second-order valence-corrected chi connectivity index (χ2v) is 3.50. The number of halogens is 1. The number of carbonyl (C=O) groups excluding carboxylic acids is 1. The molecular weight excluding hydrogens is 239 g/mol. The number of nitrogens with zero attached hydrogens (tertiary/aromatic N) is 1. The van der Waals surface area contributed by atoms with Crippen LogP contribution in [-0.4, -0.2) is 30.4 Å². The monoisotopic (exact) mass is 250 g/mol. The van der Waals surface area contributed by atoms with Gasteiger partial charge < -0.3 is 9.47 Å². The lowest BCUT2D eigenvalue weighted by atomic mass is 10.1. The Labute approximate surface area is 103 Å². The van der Waals surface area contributed by atoms with Crippen molar-refractivity contribution in [1.82, 2.24) is 10.2 Å². The first-order valence-electron chi connectivity index (χ1n) is 5.13. The maximum absolute atomic E-state index is 13.1. The van der Waals surface area contributed by atoms with Crippen LogP contribution in [0.3, 0.4) is 0 Å². The Morgan fingerprint density at radius 1 is 1.33 bits per heavy atom. The Balaban J connectivity index is 2.42. The molecule has 2 aromatic rings. The maximum atomic E-state index is 13.1. The van der Waals surface area contributed by atoms with Crippen molar-refractivity contribution in [2.45, 2.75) is 0 Å². The molecule has 0 radical (unpaired) electrons. The Hall–Kier alpha value is -2.37. The van der Waals surface area contributed by atoms with E-state index in [-0.39, 0.29) is 5.69 Å². The Bertz CT molecular complexity index is 580. The van der Waals surface area contributed by atoms with Crippen molar-refractivity contribution in [2.75, 3.05) is 14.2 Å². The van der Waals surface area contributed by atoms with Crippen LogP contribution in [-0.2, 0) is 4.74 Å². The van der Waals surface area contributed by atoms with Gasteiger partial charge in [-0.3, -0.25) is 5.10 Å². The van der Waals surface area contributed by atoms with E-state index in [0.29, 0.717) is 17.0 Å². The zero-order valence-electron chi connectivity index (χ0n) is 9.86. The summed E-state index contributed by atoms with van der Waals surface area (Å²) in [5, 5.41) is 6.51. The Morgan fingerprint density at radius 3 is 2.78 bits per heavy atom. The number of aromatic amines is 1. The minimum Gasteiger partial charge on any atom is -0.496 e. The van der Waals surface area contributed by atoms with Crippen LogP contribution in [0, 0.1) is 5.82 Å². The van der Waals surface area contributed by atoms with Crippen molar-refractivity contribution in [3.63, 3.8) is 0 Å². The van der Waals surface area contributed by atoms with Gasteiger partial charge in [0.2, 0.25) is 0 Å². The molecule has 1 aromatic carbocycles. The number of esters is 1. The van der Waals surface area contributed by atoms with Gasteiger partial charge in [0.25, 0.3) is 0 Å². The fourth-order valence-corrected chi connectivity index (χ4v) is 1.55. The quantitative estimate of drug-likeness (QED) is 0.846. The summed E-state index contributed by atoms with van der Waals surface area (Å²) < 4.78 is 22.7. The highest BCUT2D eigenvalue weighted by atomic mass is 19.1. The molecule has 0 aliphatic heterocycles. The third kappa shape index (κ3) is 2.17. The molecule has 0 atom stereocenters. The summed E-state index contributed by atoms with van der Waals surface area (Å²) in [6, 6.07) is 5.60. The predicted molar refractivity (Wildman–Crippen MR) is 61.9 cm³/mol. The normalized spacial score (nSPS) is 10.2. The molecule has 1 N–H and O–H groups in total. The number of ether oxygens (including phenoxy) is 2. The van der Waals surface area contributed by atoms with Gasteiger partial charge in [-0.2, -0.15) is 5.10 Å². The van der Waals surface area contributed by atoms with Crippen molar-refractivity contribution >= 4 is 5.97 Å². The molecule has 0 aliphatic rings. The van der Waals surface area contributed by atoms with Crippen molar-refractivity contribution in [1.29, 1.82) is 0 Å². The van der Waals surface area contributed by atoms with Crippen LogP contribution in [0.25, 0.3) is 11.3 Å². The van der Waals surface area contributed by atoms with Gasteiger partial charge in [-0.05, 0) is 18.2 Å². The molecule has 2 rings (SSSR count). The number of aromatic nitrogens is 2. The average Bonchev–Trinajstić information content (AvgIpc) is 2.87. The van der Waals surface area contributed by atoms with Gasteiger partial charge in [0, 0.05) is 11.6 Å². The number of rotatable bonds is 3. The van der Waals surface area contributed by atoms with Gasteiger partial charge in [0.05, 0.1) is 19.9 Å². The van der Waals surface area contributed by atoms with Crippen LogP contribution >= 0.6 is 0 Å². The highest BCUT2D eigenvalue weighted by molar-refractivity contribution is 5.88. The lowest BCUT2D eigenvalue weighted by molar-refractivity contribution is 0.0594. The van der Waals surface area contributed by atoms with Crippen molar-refractivity contribution in [2.24, 2.45) is 0 Å². The predicted octanol–water partition coefficient (Wildman–Crippen LogP) is 2.01. The summed E-state index contributed by atoms with van der Waals surface area (Å²) in [5.74, 6) is -0.577. The highest BCUT2D eigenvalue weighted by Gasteiger charge is 2.14. The summed E-state index contributed by atoms with van der Waals surface area (Å²) in [7, 11) is 2.72. The van der Waals surface area contributed by atoms with Gasteiger partial charge >= 0.3 is 5.97 Å². The second-order valence-electron chi connectivity index (χ2n) is 3.50. The molecule has 94 valence electrons. The maximum Gasteiger partial charge on any atom is 0.356 e. The van der Waals surface area contributed by atoms with Gasteiger partial charge in [0.15, 0.2) is 0 Å². The molecule has 0 amide bonds. The lowest BCUT2D eigenvalue weighted by Crippen LogP contribution is -2.00. The number of benzene rings is 1. The topological polar surface area (TPSA) is 64.2 Å². The number of hydrogen-bond acceptors (Lipinski definition) is 4. The summed E-state index contributed by atoms with van der Waals surface area (Å²) in [4.78, 5) is 11.3. The molecule has 1 aromatic heterocycles. The van der Waals surface area contributed by atoms with E-state index in [1.165, 1.54) is 38.5 Å². The molecule has 0 saturated carbocycles. The summed E-state index contributed by atoms with van der Waals surface area (Å²) >= 11 is 0. The molecule has 0 aliphatic carbocycles. The fourth-order valence-electron chi connectivity index (χ4n) is 1.55. The first-order chi connectivity index (χ1) is 8.65. The molecule has 0 bridgehead atoms. The van der Waals surface area contributed by atoms with Gasteiger partial charge in [0.1, 0.15) is 17.3 Å². The fraction of sp³-hybridized carbons (Fsp3) is 0.167. The zero-order valence-corrected chi connectivity index (χ0v) is 9.86. The van der Waals surface area contributed by atoms with Crippen LogP contribution in [0.2, 0.25) is 0 Å². The second kappa shape index (κ2) is 4.87. The molecule has 5 nitrogen and oxygen atoms in total. The first-order valence-corrected chi connectivity index (χ1v) is 5.13. The molecular formula is C12H11FN2O3. The molecule has 6 heteroatoms. The summed E-state index contributed by atoms with van der Waals surface area (Å²) in [5.41, 5.74) is 1.29. The van der Waals surface area contributed by atoms with Crippen LogP contribution in [0.5, 0.6) is 5.75 Å². The Kier molecular flexibility index (Phi) is 3.27. The van der Waals surface area contributed by atoms with Crippen molar-refractivity contribution < 1.29 is 18.7 Å². The molecule has 0 spiro atoms. The average molecular weight is 250 g/mol. The lowest BCUT2D eigenvalue weighted by Gasteiger charge is -2.05. The van der Waals surface area contributed by atoms with E-state index < -0.39 is 11.8 Å². The van der Waals surface area contributed by atoms with Crippen LogP contribution in [0.1, 0.15) is 10.5 Å². The molecule has 18 heavy (non-hydrogen) atoms. The standard InChI is InChI=1S/C12H11FN2O3/c1-17-11-5-7(13)3-4-8(11)9-6-10(15-14-9)12(16)18-2/h3-6H,1-2H3,(H,14,15). The molecule has 0 saturated heterocycles. The number of carbonyl (C=O) groups is 1. The number of nitrogens with one attached hydrogen (secondary N) is 1. The van der Waals surface area contributed by atoms with E-state index in [1.807, 2.05) is 0 Å². The first kappa shape index (κ1) is 12.1. The molecule has 1 heterocycles. The summed E-state index contributed by atoms with van der Waals surface area (Å²) in [6.07, 6.45) is 0. The van der Waals surface area contributed by atoms with Crippen LogP contribution in [0.15, 0.2) is 24.3 Å². The molecule has 0 fully saturated rings. The third-order valence-electron chi connectivity index (χ3n) is 2.42. The van der Waals surface area contributed by atoms with Gasteiger partial charge in [-0.25, -0.2) is 9.18 Å². The number of methoxy groups -OCH3 is 2. The third-order valence-corrected chi connectivity index (χ3v) is 2.42. The van der Waals surface area contributed by atoms with Crippen molar-refractivity contribution in [3.05, 3.63) is 35.8 Å². The minimum atomic E-state index is -0.519. The smallest absolute Gasteiger partial charge is 0.356 e. The Morgan fingerprint density at radius 2 is 2.11 bits per heavy atom. The number of H-pyrrole nitrogens is 1. The zero-order chi connectivity index (χ0) is 13.1. The van der Waals surface area contributed by atoms with Gasteiger partial charge in [-0.1, -0.05) is 0 Å². The van der Waals surface area contributed by atoms with Crippen molar-refractivity contribution in [3.8, 4) is 17.0 Å². The van der Waals surface area contributed by atoms with Crippen LogP contribution < -0.4 is 4.74 Å². The van der Waals surface area contributed by atoms with E-state index in [0.717, 1.165) is 0 Å². The molecule has 0 unspecified atom stereocenters. The number of hydrogen-bond donors (Lipinski definition) is 1. The van der Waals surface area contributed by atoms with E-state index in [2.05, 4.69) is 14.9 Å². The van der Waals surface area contributed by atoms with Crippen LogP contribution in [0.4, 0.5) is 4.39 Å². The minimum absolute atomic E-state index is 0.221. The highest BCUT2D eigenvalue weighted by Crippen LogP contribution is 2.29. The largest absolute Gasteiger partial charge is 0.496 e. The van der Waals surface area contributed by atoms with Gasteiger partial charge in [-0.15, -0.1) is 0 Å². The van der Waals surface area contributed by atoms with E-state index in [1.54, 1.807) is 0 Å². The summed E-state index contributed by atoms with van der Waals surface area (Å²) in [6.45, 7) is 0. The SMILES string of the molecule is COC(=O)c1cc(-c2ccc(F)cc2OC)n[nH]1. The van der Waals surface area contributed by atoms with E-state index >= 15 is 0 Å². The van der Waals surface area contributed by atoms with E-state index in [4.69, 9.17) is 4.74 Å².